The molecule has 2 nitrogen and oxygen atoms in total. The number of carbonyl (C=O) groups is 1. The van der Waals surface area contributed by atoms with Crippen LogP contribution < -0.4 is 0 Å². The summed E-state index contributed by atoms with van der Waals surface area (Å²) in [6.07, 6.45) is 3.44. The first-order valence-electron chi connectivity index (χ1n) is 6.68. The summed E-state index contributed by atoms with van der Waals surface area (Å²) >= 11 is 3.62. The molecule has 0 radical (unpaired) electrons. The molecule has 100 valence electrons. The lowest BCUT2D eigenvalue weighted by Gasteiger charge is -2.29. The van der Waals surface area contributed by atoms with Gasteiger partial charge in [0.1, 0.15) is 0 Å². The largest absolute Gasteiger partial charge is 0.337 e. The van der Waals surface area contributed by atoms with Crippen LogP contribution in [0.2, 0.25) is 0 Å². The van der Waals surface area contributed by atoms with Gasteiger partial charge in [0.2, 0.25) is 5.91 Å². The quantitative estimate of drug-likeness (QED) is 0.770. The molecule has 4 heteroatoms. The monoisotopic (exact) mass is 283 g/mol. The molecule has 1 aliphatic heterocycles. The fraction of sp³-hybridized carbons (Fsp3) is 0.643. The number of rotatable bonds is 5. The molecule has 0 aromatic carbocycles. The van der Waals surface area contributed by atoms with Crippen molar-refractivity contribution in [2.75, 3.05) is 12.3 Å². The fourth-order valence-corrected chi connectivity index (χ4v) is 4.16. The predicted molar refractivity (Wildman–Crippen MR) is 80.3 cm³/mol. The lowest BCUT2D eigenvalue weighted by molar-refractivity contribution is -0.131. The van der Waals surface area contributed by atoms with Crippen molar-refractivity contribution in [2.45, 2.75) is 44.9 Å². The summed E-state index contributed by atoms with van der Waals surface area (Å²) in [6, 6.07) is 2.16. The predicted octanol–water partition coefficient (Wildman–Crippen LogP) is 3.55. The minimum atomic E-state index is 0.108. The Bertz CT molecular complexity index is 402. The number of carbonyl (C=O) groups excluding carboxylic acids is 1. The van der Waals surface area contributed by atoms with E-state index in [4.69, 9.17) is 0 Å². The van der Waals surface area contributed by atoms with E-state index in [1.807, 2.05) is 23.2 Å². The fourth-order valence-electron chi connectivity index (χ4n) is 2.17. The maximum Gasteiger partial charge on any atom is 0.235 e. The second-order valence-corrected chi connectivity index (χ2v) is 7.19. The highest BCUT2D eigenvalue weighted by molar-refractivity contribution is 8.00. The van der Waals surface area contributed by atoms with Crippen LogP contribution in [0.15, 0.2) is 11.4 Å². The van der Waals surface area contributed by atoms with Crippen molar-refractivity contribution in [3.63, 3.8) is 0 Å². The molecule has 0 spiro atoms. The van der Waals surface area contributed by atoms with Crippen LogP contribution in [-0.2, 0) is 17.8 Å². The summed E-state index contributed by atoms with van der Waals surface area (Å²) in [4.78, 5) is 15.8. The summed E-state index contributed by atoms with van der Waals surface area (Å²) in [5, 5.41) is 2.25. The van der Waals surface area contributed by atoms with Crippen molar-refractivity contribution in [3.05, 3.63) is 21.9 Å². The zero-order chi connectivity index (χ0) is 13.0. The first-order valence-corrected chi connectivity index (χ1v) is 8.61. The molecule has 2 heterocycles. The Morgan fingerprint density at radius 3 is 3.22 bits per heavy atom. The highest BCUT2D eigenvalue weighted by Crippen LogP contribution is 2.25. The molecule has 0 bridgehead atoms. The summed E-state index contributed by atoms with van der Waals surface area (Å²) in [7, 11) is 0. The molecule has 0 N–H and O–H groups in total. The lowest BCUT2D eigenvalue weighted by Crippen LogP contribution is -2.39. The molecule has 1 unspecified atom stereocenters. The van der Waals surface area contributed by atoms with Gasteiger partial charge in [-0.3, -0.25) is 4.79 Å². The number of amides is 1. The van der Waals surface area contributed by atoms with Gasteiger partial charge in [0, 0.05) is 18.0 Å². The van der Waals surface area contributed by atoms with Gasteiger partial charge < -0.3 is 4.90 Å². The topological polar surface area (TPSA) is 20.3 Å². The third-order valence-corrected chi connectivity index (χ3v) is 5.58. The van der Waals surface area contributed by atoms with Gasteiger partial charge in [-0.1, -0.05) is 13.3 Å². The minimum absolute atomic E-state index is 0.108. The highest BCUT2D eigenvalue weighted by atomic mass is 32.2. The van der Waals surface area contributed by atoms with Crippen LogP contribution in [0.25, 0.3) is 0 Å². The molecular weight excluding hydrogens is 262 g/mol. The van der Waals surface area contributed by atoms with Gasteiger partial charge in [-0.15, -0.1) is 23.1 Å². The van der Waals surface area contributed by atoms with Crippen molar-refractivity contribution in [3.8, 4) is 0 Å². The molecule has 1 aromatic heterocycles. The third-order valence-electron chi connectivity index (χ3n) is 3.33. The van der Waals surface area contributed by atoms with Gasteiger partial charge in [-0.05, 0) is 42.5 Å². The molecular formula is C14H21NOS2. The molecule has 0 saturated carbocycles. The number of hydrogen-bond acceptors (Lipinski definition) is 3. The van der Waals surface area contributed by atoms with Gasteiger partial charge in [-0.25, -0.2) is 0 Å². The SMILES string of the molecule is CCCCSC(C)C(=O)N1CCc2sccc2C1. The van der Waals surface area contributed by atoms with Crippen LogP contribution in [0.4, 0.5) is 0 Å². The summed E-state index contributed by atoms with van der Waals surface area (Å²) in [6.45, 7) is 5.95. The van der Waals surface area contributed by atoms with E-state index in [2.05, 4.69) is 18.4 Å². The molecule has 0 fully saturated rings. The highest BCUT2D eigenvalue weighted by Gasteiger charge is 2.25. The normalized spacial score (nSPS) is 16.4. The van der Waals surface area contributed by atoms with Crippen LogP contribution in [-0.4, -0.2) is 28.4 Å². The number of hydrogen-bond donors (Lipinski definition) is 0. The lowest BCUT2D eigenvalue weighted by atomic mass is 10.1. The molecule has 18 heavy (non-hydrogen) atoms. The van der Waals surface area contributed by atoms with Gasteiger partial charge in [0.25, 0.3) is 0 Å². The van der Waals surface area contributed by atoms with E-state index >= 15 is 0 Å². The Balaban J connectivity index is 1.87. The van der Waals surface area contributed by atoms with Gasteiger partial charge in [0.05, 0.1) is 5.25 Å². The molecule has 1 amide bonds. The summed E-state index contributed by atoms with van der Waals surface area (Å²) in [5.41, 5.74) is 1.35. The molecule has 1 atom stereocenters. The van der Waals surface area contributed by atoms with Crippen molar-refractivity contribution in [1.29, 1.82) is 0 Å². The Hall–Kier alpha value is -0.480. The summed E-state index contributed by atoms with van der Waals surface area (Å²) < 4.78 is 0. The average Bonchev–Trinajstić information content (AvgIpc) is 2.85. The Labute approximate surface area is 118 Å². The van der Waals surface area contributed by atoms with Crippen molar-refractivity contribution in [1.82, 2.24) is 4.90 Å². The van der Waals surface area contributed by atoms with Crippen LogP contribution in [0.1, 0.15) is 37.1 Å². The van der Waals surface area contributed by atoms with Crippen LogP contribution in [0.3, 0.4) is 0 Å². The summed E-state index contributed by atoms with van der Waals surface area (Å²) in [5.74, 6) is 1.41. The van der Waals surface area contributed by atoms with Crippen LogP contribution >= 0.6 is 23.1 Å². The average molecular weight is 283 g/mol. The van der Waals surface area contributed by atoms with E-state index in [9.17, 15) is 4.79 Å². The van der Waals surface area contributed by atoms with E-state index in [1.54, 1.807) is 11.8 Å². The van der Waals surface area contributed by atoms with Gasteiger partial charge in [0.15, 0.2) is 0 Å². The van der Waals surface area contributed by atoms with E-state index in [1.165, 1.54) is 23.3 Å². The van der Waals surface area contributed by atoms with Gasteiger partial charge in [-0.2, -0.15) is 0 Å². The number of fused-ring (bicyclic) bond motifs is 1. The van der Waals surface area contributed by atoms with E-state index in [-0.39, 0.29) is 5.25 Å². The molecule has 0 saturated heterocycles. The number of thioether (sulfide) groups is 1. The maximum absolute atomic E-state index is 12.3. The van der Waals surface area contributed by atoms with Crippen molar-refractivity contribution >= 4 is 29.0 Å². The first-order chi connectivity index (χ1) is 8.72. The molecule has 1 aliphatic rings. The first kappa shape index (κ1) is 13.9. The maximum atomic E-state index is 12.3. The second-order valence-electron chi connectivity index (χ2n) is 4.75. The van der Waals surface area contributed by atoms with Crippen LogP contribution in [0.5, 0.6) is 0 Å². The zero-order valence-corrected chi connectivity index (χ0v) is 12.8. The third kappa shape index (κ3) is 3.29. The van der Waals surface area contributed by atoms with E-state index in [0.717, 1.165) is 25.3 Å². The van der Waals surface area contributed by atoms with E-state index in [0.29, 0.717) is 5.91 Å². The Morgan fingerprint density at radius 1 is 1.61 bits per heavy atom. The standard InChI is InChI=1S/C14H21NOS2/c1-3-4-8-17-11(2)14(16)15-7-5-13-12(10-15)6-9-18-13/h6,9,11H,3-5,7-8,10H2,1-2H3. The van der Waals surface area contributed by atoms with Crippen molar-refractivity contribution in [2.24, 2.45) is 0 Å². The Kier molecular flexibility index (Phi) is 5.13. The zero-order valence-electron chi connectivity index (χ0n) is 11.1. The number of thiophene rings is 1. The Morgan fingerprint density at radius 2 is 2.44 bits per heavy atom. The minimum Gasteiger partial charge on any atom is -0.337 e. The molecule has 1 aromatic rings. The molecule has 2 rings (SSSR count). The second kappa shape index (κ2) is 6.62. The van der Waals surface area contributed by atoms with Gasteiger partial charge >= 0.3 is 0 Å². The smallest absolute Gasteiger partial charge is 0.235 e. The number of nitrogens with zero attached hydrogens (tertiary/aromatic N) is 1. The molecule has 0 aliphatic carbocycles. The van der Waals surface area contributed by atoms with E-state index < -0.39 is 0 Å². The van der Waals surface area contributed by atoms with Crippen molar-refractivity contribution < 1.29 is 4.79 Å². The van der Waals surface area contributed by atoms with Crippen LogP contribution in [0, 0.1) is 0 Å². The number of unbranched alkanes of at least 4 members (excludes halogenated alkanes) is 1.